The van der Waals surface area contributed by atoms with Crippen molar-refractivity contribution in [3.63, 3.8) is 0 Å². The van der Waals surface area contributed by atoms with Crippen molar-refractivity contribution in [1.82, 2.24) is 4.90 Å². The minimum Gasteiger partial charge on any atom is -0.297 e. The maximum atomic E-state index is 13.3. The Kier molecular flexibility index (Phi) is 4.62. The van der Waals surface area contributed by atoms with Gasteiger partial charge in [0.05, 0.1) is 19.0 Å². The van der Waals surface area contributed by atoms with E-state index in [0.717, 1.165) is 0 Å². The molecule has 0 aliphatic carbocycles. The Hall–Kier alpha value is -1.73. The molecule has 0 amide bonds. The van der Waals surface area contributed by atoms with E-state index < -0.39 is 0 Å². The summed E-state index contributed by atoms with van der Waals surface area (Å²) in [4.78, 5) is 12.9. The summed E-state index contributed by atoms with van der Waals surface area (Å²) >= 11 is 0. The average molecular weight is 220 g/mol. The zero-order valence-corrected chi connectivity index (χ0v) is 9.11. The van der Waals surface area contributed by atoms with Gasteiger partial charge < -0.3 is 0 Å². The average Bonchev–Trinajstić information content (AvgIpc) is 2.21. The minimum atomic E-state index is -0.276. The number of carbonyl (C=O) groups is 1. The van der Waals surface area contributed by atoms with E-state index in [1.54, 1.807) is 36.2 Å². The molecule has 0 heterocycles. The predicted octanol–water partition coefficient (Wildman–Crippen LogP) is 1.74. The van der Waals surface area contributed by atoms with E-state index in [4.69, 9.17) is 5.26 Å². The Morgan fingerprint density at radius 1 is 1.50 bits per heavy atom. The Balaban J connectivity index is 2.52. The van der Waals surface area contributed by atoms with Crippen LogP contribution in [-0.4, -0.2) is 24.3 Å². The van der Waals surface area contributed by atoms with Gasteiger partial charge in [0.2, 0.25) is 0 Å². The summed E-state index contributed by atoms with van der Waals surface area (Å²) in [6, 6.07) is 8.25. The van der Waals surface area contributed by atoms with Crippen LogP contribution >= 0.6 is 0 Å². The van der Waals surface area contributed by atoms with Crippen LogP contribution < -0.4 is 0 Å². The van der Waals surface area contributed by atoms with Crippen LogP contribution in [0.25, 0.3) is 0 Å². The number of hydrogen-bond donors (Lipinski definition) is 0. The van der Waals surface area contributed by atoms with Gasteiger partial charge in [-0.25, -0.2) is 4.39 Å². The fourth-order valence-corrected chi connectivity index (χ4v) is 1.42. The van der Waals surface area contributed by atoms with Gasteiger partial charge in [-0.1, -0.05) is 18.2 Å². The topological polar surface area (TPSA) is 44.1 Å². The molecule has 0 N–H and O–H groups in total. The Morgan fingerprint density at radius 3 is 2.81 bits per heavy atom. The van der Waals surface area contributed by atoms with Crippen molar-refractivity contribution >= 4 is 5.78 Å². The van der Waals surface area contributed by atoms with Crippen molar-refractivity contribution in [2.75, 3.05) is 13.6 Å². The number of rotatable bonds is 5. The first kappa shape index (κ1) is 12.3. The number of carbonyl (C=O) groups excluding carboxylic acids is 1. The largest absolute Gasteiger partial charge is 0.297 e. The molecule has 3 nitrogen and oxygen atoms in total. The molecular formula is C12H13FN2O. The van der Waals surface area contributed by atoms with Gasteiger partial charge in [0.1, 0.15) is 5.82 Å². The highest BCUT2D eigenvalue weighted by Gasteiger charge is 2.08. The summed E-state index contributed by atoms with van der Waals surface area (Å²) in [6.07, 6.45) is -0.0956. The quantitative estimate of drug-likeness (QED) is 0.759. The molecule has 84 valence electrons. The molecule has 1 aromatic rings. The summed E-state index contributed by atoms with van der Waals surface area (Å²) in [5, 5.41) is 8.33. The van der Waals surface area contributed by atoms with Gasteiger partial charge in [-0.2, -0.15) is 5.26 Å². The molecule has 0 atom stereocenters. The molecule has 0 unspecified atom stereocenters. The normalized spacial score (nSPS) is 10.1. The predicted molar refractivity (Wildman–Crippen MR) is 58.0 cm³/mol. The highest BCUT2D eigenvalue weighted by Crippen LogP contribution is 2.08. The molecule has 0 bridgehead atoms. The van der Waals surface area contributed by atoms with Gasteiger partial charge in [-0.05, 0) is 13.1 Å². The Labute approximate surface area is 94.1 Å². The van der Waals surface area contributed by atoms with E-state index in [9.17, 15) is 9.18 Å². The fourth-order valence-electron chi connectivity index (χ4n) is 1.42. The van der Waals surface area contributed by atoms with E-state index in [2.05, 4.69) is 0 Å². The number of hydrogen-bond acceptors (Lipinski definition) is 3. The summed E-state index contributed by atoms with van der Waals surface area (Å²) in [5.41, 5.74) is 0.551. The SMILES string of the molecule is CN(CC(=O)CC#N)Cc1ccccc1F. The van der Waals surface area contributed by atoms with Crippen molar-refractivity contribution < 1.29 is 9.18 Å². The molecule has 0 radical (unpaired) electrons. The molecule has 0 saturated heterocycles. The molecule has 1 rings (SSSR count). The second kappa shape index (κ2) is 5.99. The standard InChI is InChI=1S/C12H13FN2O/c1-15(9-11(16)6-7-14)8-10-4-2-3-5-12(10)13/h2-5H,6,8-9H2,1H3. The van der Waals surface area contributed by atoms with Gasteiger partial charge in [0, 0.05) is 12.1 Å². The lowest BCUT2D eigenvalue weighted by molar-refractivity contribution is -0.119. The summed E-state index contributed by atoms with van der Waals surface area (Å²) in [7, 11) is 1.72. The summed E-state index contributed by atoms with van der Waals surface area (Å²) in [6.45, 7) is 0.533. The highest BCUT2D eigenvalue weighted by atomic mass is 19.1. The second-order valence-corrected chi connectivity index (χ2v) is 3.64. The minimum absolute atomic E-state index is 0.0956. The van der Waals surface area contributed by atoms with E-state index in [0.29, 0.717) is 12.1 Å². The van der Waals surface area contributed by atoms with Gasteiger partial charge in [0.15, 0.2) is 5.78 Å². The maximum absolute atomic E-state index is 13.3. The maximum Gasteiger partial charge on any atom is 0.160 e. The van der Waals surface area contributed by atoms with Crippen LogP contribution in [0.15, 0.2) is 24.3 Å². The van der Waals surface area contributed by atoms with Crippen LogP contribution in [0, 0.1) is 17.1 Å². The molecule has 0 aliphatic rings. The number of likely N-dealkylation sites (N-methyl/N-ethyl adjacent to an activating group) is 1. The van der Waals surface area contributed by atoms with Gasteiger partial charge >= 0.3 is 0 Å². The second-order valence-electron chi connectivity index (χ2n) is 3.64. The zero-order valence-electron chi connectivity index (χ0n) is 9.11. The number of Topliss-reactive ketones (excluding diaryl/α,β-unsaturated/α-hetero) is 1. The van der Waals surface area contributed by atoms with Crippen molar-refractivity contribution in [3.05, 3.63) is 35.6 Å². The van der Waals surface area contributed by atoms with Gasteiger partial charge in [-0.15, -0.1) is 0 Å². The van der Waals surface area contributed by atoms with Crippen molar-refractivity contribution in [2.24, 2.45) is 0 Å². The van der Waals surface area contributed by atoms with E-state index in [-0.39, 0.29) is 24.6 Å². The molecule has 0 spiro atoms. The van der Waals surface area contributed by atoms with Crippen LogP contribution in [0.1, 0.15) is 12.0 Å². The third kappa shape index (κ3) is 3.79. The Morgan fingerprint density at radius 2 is 2.19 bits per heavy atom. The van der Waals surface area contributed by atoms with E-state index in [1.807, 2.05) is 0 Å². The molecule has 16 heavy (non-hydrogen) atoms. The van der Waals surface area contributed by atoms with Crippen LogP contribution in [0.5, 0.6) is 0 Å². The monoisotopic (exact) mass is 220 g/mol. The molecule has 0 saturated carbocycles. The number of benzene rings is 1. The van der Waals surface area contributed by atoms with Crippen molar-refractivity contribution in [1.29, 1.82) is 5.26 Å². The van der Waals surface area contributed by atoms with Crippen LogP contribution in [0.3, 0.4) is 0 Å². The van der Waals surface area contributed by atoms with Crippen molar-refractivity contribution in [3.8, 4) is 6.07 Å². The van der Waals surface area contributed by atoms with Crippen LogP contribution in [0.2, 0.25) is 0 Å². The number of nitrogens with zero attached hydrogens (tertiary/aromatic N) is 2. The number of nitriles is 1. The first-order valence-electron chi connectivity index (χ1n) is 4.94. The molecule has 0 aromatic heterocycles. The third-order valence-corrected chi connectivity index (χ3v) is 2.12. The lowest BCUT2D eigenvalue weighted by Crippen LogP contribution is -2.25. The van der Waals surface area contributed by atoms with Gasteiger partial charge in [0.25, 0.3) is 0 Å². The van der Waals surface area contributed by atoms with Crippen LogP contribution in [-0.2, 0) is 11.3 Å². The first-order valence-corrected chi connectivity index (χ1v) is 4.94. The highest BCUT2D eigenvalue weighted by molar-refractivity contribution is 5.82. The molecule has 0 aliphatic heterocycles. The molecular weight excluding hydrogens is 207 g/mol. The summed E-state index contributed by atoms with van der Waals surface area (Å²) in [5.74, 6) is -0.427. The smallest absolute Gasteiger partial charge is 0.160 e. The van der Waals surface area contributed by atoms with E-state index >= 15 is 0 Å². The lowest BCUT2D eigenvalue weighted by Gasteiger charge is -2.15. The number of halogens is 1. The fraction of sp³-hybridized carbons (Fsp3) is 0.333. The van der Waals surface area contributed by atoms with Crippen LogP contribution in [0.4, 0.5) is 4.39 Å². The summed E-state index contributed by atoms with van der Waals surface area (Å²) < 4.78 is 13.3. The number of ketones is 1. The molecule has 1 aromatic carbocycles. The van der Waals surface area contributed by atoms with Gasteiger partial charge in [-0.3, -0.25) is 9.69 Å². The lowest BCUT2D eigenvalue weighted by atomic mass is 10.2. The third-order valence-electron chi connectivity index (χ3n) is 2.12. The van der Waals surface area contributed by atoms with Crippen molar-refractivity contribution in [2.45, 2.75) is 13.0 Å². The first-order chi connectivity index (χ1) is 7.63. The molecule has 0 fully saturated rings. The van der Waals surface area contributed by atoms with E-state index in [1.165, 1.54) is 6.07 Å². The zero-order chi connectivity index (χ0) is 12.0. The Bertz CT molecular complexity index is 412. The molecule has 4 heteroatoms.